The van der Waals surface area contributed by atoms with Gasteiger partial charge in [-0.2, -0.15) is 0 Å². The van der Waals surface area contributed by atoms with Gasteiger partial charge in [-0.15, -0.1) is 0 Å². The zero-order valence-electron chi connectivity index (χ0n) is 13.2. The molecular formula is C16H34. The highest BCUT2D eigenvalue weighted by Gasteiger charge is 2.42. The molecule has 0 amide bonds. The Labute approximate surface area is 104 Å². The fraction of sp³-hybridized carbons (Fsp3) is 1.00. The number of rotatable bonds is 4. The molecule has 0 spiro atoms. The molecule has 0 nitrogen and oxygen atoms in total. The highest BCUT2D eigenvalue weighted by Crippen LogP contribution is 2.52. The van der Waals surface area contributed by atoms with Crippen molar-refractivity contribution < 1.29 is 0 Å². The van der Waals surface area contributed by atoms with Crippen LogP contribution in [0.4, 0.5) is 0 Å². The molecule has 0 radical (unpaired) electrons. The Bertz CT molecular complexity index is 199. The van der Waals surface area contributed by atoms with E-state index in [2.05, 4.69) is 62.3 Å². The fourth-order valence-electron chi connectivity index (χ4n) is 3.24. The summed E-state index contributed by atoms with van der Waals surface area (Å²) in [5, 5.41) is 0. The summed E-state index contributed by atoms with van der Waals surface area (Å²) in [5.74, 6) is 0.793. The lowest BCUT2D eigenvalue weighted by Gasteiger charge is -2.49. The Balaban J connectivity index is 5.13. The van der Waals surface area contributed by atoms with Crippen LogP contribution in [0.15, 0.2) is 0 Å². The third-order valence-electron chi connectivity index (χ3n) is 3.94. The topological polar surface area (TPSA) is 0 Å². The lowest BCUT2D eigenvalue weighted by atomic mass is 9.56. The van der Waals surface area contributed by atoms with Gasteiger partial charge in [0, 0.05) is 0 Å². The molecular weight excluding hydrogens is 192 g/mol. The van der Waals surface area contributed by atoms with E-state index in [1.165, 1.54) is 19.3 Å². The van der Waals surface area contributed by atoms with Crippen molar-refractivity contribution in [1.29, 1.82) is 0 Å². The summed E-state index contributed by atoms with van der Waals surface area (Å²) in [7, 11) is 0. The largest absolute Gasteiger partial charge is 0.0648 e. The van der Waals surface area contributed by atoms with E-state index in [-0.39, 0.29) is 0 Å². The second-order valence-corrected chi connectivity index (χ2v) is 8.22. The van der Waals surface area contributed by atoms with E-state index in [0.29, 0.717) is 16.2 Å². The SMILES string of the molecule is CCC(CC(C)C)(CC(C)(C)C)C(C)(C)C. The van der Waals surface area contributed by atoms with Gasteiger partial charge in [0.05, 0.1) is 0 Å². The van der Waals surface area contributed by atoms with Crippen molar-refractivity contribution in [2.24, 2.45) is 22.2 Å². The van der Waals surface area contributed by atoms with E-state index in [1.807, 2.05) is 0 Å². The maximum absolute atomic E-state index is 2.42. The van der Waals surface area contributed by atoms with Crippen LogP contribution in [0.2, 0.25) is 0 Å². The second-order valence-electron chi connectivity index (χ2n) is 8.22. The molecule has 1 atom stereocenters. The standard InChI is InChI=1S/C16H34/c1-10-16(11-13(2)3,15(7,8)9)12-14(4,5)6/h13H,10-12H2,1-9H3. The third-order valence-corrected chi connectivity index (χ3v) is 3.94. The van der Waals surface area contributed by atoms with E-state index >= 15 is 0 Å². The lowest BCUT2D eigenvalue weighted by molar-refractivity contribution is 0.00980. The Morgan fingerprint density at radius 3 is 1.50 bits per heavy atom. The van der Waals surface area contributed by atoms with Gasteiger partial charge < -0.3 is 0 Å². The summed E-state index contributed by atoms with van der Waals surface area (Å²) in [5.41, 5.74) is 1.32. The minimum atomic E-state index is 0.402. The fourth-order valence-corrected chi connectivity index (χ4v) is 3.24. The van der Waals surface area contributed by atoms with Crippen LogP contribution in [0.3, 0.4) is 0 Å². The molecule has 0 bridgehead atoms. The van der Waals surface area contributed by atoms with Crippen molar-refractivity contribution in [1.82, 2.24) is 0 Å². The maximum atomic E-state index is 2.42. The van der Waals surface area contributed by atoms with Gasteiger partial charge in [0.25, 0.3) is 0 Å². The van der Waals surface area contributed by atoms with Gasteiger partial charge in [-0.1, -0.05) is 62.3 Å². The van der Waals surface area contributed by atoms with Crippen molar-refractivity contribution in [2.45, 2.75) is 81.6 Å². The third kappa shape index (κ3) is 4.47. The van der Waals surface area contributed by atoms with E-state index in [9.17, 15) is 0 Å². The molecule has 0 saturated heterocycles. The maximum Gasteiger partial charge on any atom is -0.0244 e. The minimum absolute atomic E-state index is 0.402. The van der Waals surface area contributed by atoms with Gasteiger partial charge in [-0.25, -0.2) is 0 Å². The predicted octanol–water partition coefficient (Wildman–Crippen LogP) is 5.91. The summed E-state index contributed by atoms with van der Waals surface area (Å²) in [6, 6.07) is 0. The van der Waals surface area contributed by atoms with Crippen LogP contribution in [-0.2, 0) is 0 Å². The highest BCUT2D eigenvalue weighted by molar-refractivity contribution is 4.92. The van der Waals surface area contributed by atoms with Crippen LogP contribution in [0.1, 0.15) is 81.6 Å². The first-order valence-corrected chi connectivity index (χ1v) is 6.93. The molecule has 0 aliphatic heterocycles. The van der Waals surface area contributed by atoms with Crippen molar-refractivity contribution >= 4 is 0 Å². The zero-order valence-corrected chi connectivity index (χ0v) is 13.2. The zero-order chi connectivity index (χ0) is 13.2. The van der Waals surface area contributed by atoms with Crippen molar-refractivity contribution in [3.8, 4) is 0 Å². The van der Waals surface area contributed by atoms with Gasteiger partial charge in [0.1, 0.15) is 0 Å². The summed E-state index contributed by atoms with van der Waals surface area (Å²) in [4.78, 5) is 0. The van der Waals surface area contributed by atoms with Crippen LogP contribution in [-0.4, -0.2) is 0 Å². The molecule has 0 heteroatoms. The highest BCUT2D eigenvalue weighted by atomic mass is 14.5. The first-order chi connectivity index (χ1) is 6.93. The monoisotopic (exact) mass is 226 g/mol. The van der Waals surface area contributed by atoms with Crippen LogP contribution in [0.5, 0.6) is 0 Å². The molecule has 16 heavy (non-hydrogen) atoms. The number of hydrogen-bond donors (Lipinski definition) is 0. The van der Waals surface area contributed by atoms with Gasteiger partial charge in [-0.3, -0.25) is 0 Å². The summed E-state index contributed by atoms with van der Waals surface area (Å²) in [6.07, 6.45) is 3.98. The smallest absolute Gasteiger partial charge is 0.0244 e. The van der Waals surface area contributed by atoms with E-state index < -0.39 is 0 Å². The average molecular weight is 226 g/mol. The van der Waals surface area contributed by atoms with Gasteiger partial charge in [0.2, 0.25) is 0 Å². The molecule has 0 fully saturated rings. The van der Waals surface area contributed by atoms with Gasteiger partial charge in [-0.05, 0) is 41.4 Å². The van der Waals surface area contributed by atoms with E-state index in [0.717, 1.165) is 5.92 Å². The summed E-state index contributed by atoms with van der Waals surface area (Å²) < 4.78 is 0. The Morgan fingerprint density at radius 2 is 1.31 bits per heavy atom. The molecule has 0 aliphatic rings. The molecule has 0 aromatic carbocycles. The minimum Gasteiger partial charge on any atom is -0.0648 e. The van der Waals surface area contributed by atoms with Crippen molar-refractivity contribution in [3.05, 3.63) is 0 Å². The molecule has 0 aromatic rings. The van der Waals surface area contributed by atoms with Crippen LogP contribution >= 0.6 is 0 Å². The van der Waals surface area contributed by atoms with Crippen LogP contribution < -0.4 is 0 Å². The Hall–Kier alpha value is 0. The average Bonchev–Trinajstić information content (AvgIpc) is 1.96. The molecule has 0 aromatic heterocycles. The predicted molar refractivity (Wildman–Crippen MR) is 75.7 cm³/mol. The Kier molecular flexibility index (Phi) is 5.10. The normalized spacial score (nSPS) is 17.6. The molecule has 0 heterocycles. The molecule has 0 aliphatic carbocycles. The van der Waals surface area contributed by atoms with Crippen molar-refractivity contribution in [3.63, 3.8) is 0 Å². The quantitative estimate of drug-likeness (QED) is 0.559. The van der Waals surface area contributed by atoms with Crippen molar-refractivity contribution in [2.75, 3.05) is 0 Å². The molecule has 0 saturated carbocycles. The van der Waals surface area contributed by atoms with E-state index in [4.69, 9.17) is 0 Å². The first kappa shape index (κ1) is 16.0. The summed E-state index contributed by atoms with van der Waals surface area (Å²) in [6.45, 7) is 21.5. The Morgan fingerprint density at radius 1 is 0.875 bits per heavy atom. The summed E-state index contributed by atoms with van der Waals surface area (Å²) >= 11 is 0. The molecule has 0 N–H and O–H groups in total. The molecule has 98 valence electrons. The van der Waals surface area contributed by atoms with Crippen LogP contribution in [0.25, 0.3) is 0 Å². The molecule has 0 rings (SSSR count). The lowest BCUT2D eigenvalue weighted by Crippen LogP contribution is -2.39. The van der Waals surface area contributed by atoms with Gasteiger partial charge >= 0.3 is 0 Å². The van der Waals surface area contributed by atoms with Gasteiger partial charge in [0.15, 0.2) is 0 Å². The second kappa shape index (κ2) is 5.10. The van der Waals surface area contributed by atoms with E-state index in [1.54, 1.807) is 0 Å². The number of hydrogen-bond acceptors (Lipinski definition) is 0. The first-order valence-electron chi connectivity index (χ1n) is 6.93. The van der Waals surface area contributed by atoms with Crippen LogP contribution in [0, 0.1) is 22.2 Å². The molecule has 1 unspecified atom stereocenters.